The van der Waals surface area contributed by atoms with Gasteiger partial charge in [-0.15, -0.1) is 0 Å². The highest BCUT2D eigenvalue weighted by Crippen LogP contribution is 2.12. The molecule has 1 heterocycles. The third-order valence-electron chi connectivity index (χ3n) is 3.43. The van der Waals surface area contributed by atoms with Crippen molar-refractivity contribution in [1.82, 2.24) is 16.0 Å². The summed E-state index contributed by atoms with van der Waals surface area (Å²) in [6.07, 6.45) is 6.34. The zero-order valence-electron chi connectivity index (χ0n) is 13.0. The van der Waals surface area contributed by atoms with E-state index >= 15 is 0 Å². The van der Waals surface area contributed by atoms with Crippen molar-refractivity contribution in [2.75, 3.05) is 13.1 Å². The van der Waals surface area contributed by atoms with Crippen molar-refractivity contribution in [2.45, 2.75) is 77.4 Å². The lowest BCUT2D eigenvalue weighted by Gasteiger charge is -2.23. The molecule has 0 aromatic carbocycles. The molecule has 0 bridgehead atoms. The molecule has 1 aliphatic rings. The largest absolute Gasteiger partial charge is 0.350 e. The van der Waals surface area contributed by atoms with E-state index in [0.29, 0.717) is 18.6 Å². The molecule has 1 saturated heterocycles. The average Bonchev–Trinajstić information content (AvgIpc) is 2.53. The molecule has 19 heavy (non-hydrogen) atoms. The zero-order valence-corrected chi connectivity index (χ0v) is 13.0. The van der Waals surface area contributed by atoms with Crippen LogP contribution in [-0.4, -0.2) is 36.6 Å². The summed E-state index contributed by atoms with van der Waals surface area (Å²) in [7, 11) is 0. The van der Waals surface area contributed by atoms with Gasteiger partial charge in [0.1, 0.15) is 0 Å². The Bertz CT molecular complexity index is 265. The Morgan fingerprint density at radius 3 is 2.74 bits per heavy atom. The van der Waals surface area contributed by atoms with Gasteiger partial charge in [-0.1, -0.05) is 12.8 Å². The summed E-state index contributed by atoms with van der Waals surface area (Å²) in [5.74, 6) is 0.0770. The second kappa shape index (κ2) is 7.85. The summed E-state index contributed by atoms with van der Waals surface area (Å²) < 4.78 is 0. The highest BCUT2D eigenvalue weighted by Gasteiger charge is 2.17. The molecule has 0 aromatic rings. The fraction of sp³-hybridized carbons (Fsp3) is 0.933. The minimum Gasteiger partial charge on any atom is -0.350 e. The molecule has 0 saturated carbocycles. The van der Waals surface area contributed by atoms with Crippen molar-refractivity contribution < 1.29 is 4.79 Å². The predicted octanol–water partition coefficient (Wildman–Crippen LogP) is 1.80. The van der Waals surface area contributed by atoms with Crippen LogP contribution in [-0.2, 0) is 4.79 Å². The lowest BCUT2D eigenvalue weighted by molar-refractivity contribution is -0.121. The van der Waals surface area contributed by atoms with Crippen LogP contribution < -0.4 is 16.0 Å². The molecule has 2 atom stereocenters. The molecule has 0 aliphatic carbocycles. The summed E-state index contributed by atoms with van der Waals surface area (Å²) >= 11 is 0. The number of hydrogen-bond donors (Lipinski definition) is 3. The van der Waals surface area contributed by atoms with E-state index in [1.54, 1.807) is 0 Å². The summed E-state index contributed by atoms with van der Waals surface area (Å²) in [5.41, 5.74) is -0.148. The molecule has 3 N–H and O–H groups in total. The average molecular weight is 269 g/mol. The maximum atomic E-state index is 11.7. The maximum Gasteiger partial charge on any atom is 0.234 e. The molecule has 4 heteroatoms. The van der Waals surface area contributed by atoms with Crippen LogP contribution in [0.2, 0.25) is 0 Å². The SMILES string of the molecule is CC(CC1CCCCCN1)NCC(=O)NC(C)(C)C. The lowest BCUT2D eigenvalue weighted by Crippen LogP contribution is -2.47. The third kappa shape index (κ3) is 8.22. The number of rotatable bonds is 5. The van der Waals surface area contributed by atoms with E-state index in [2.05, 4.69) is 22.9 Å². The Balaban J connectivity index is 2.19. The van der Waals surface area contributed by atoms with E-state index in [9.17, 15) is 4.79 Å². The molecule has 112 valence electrons. The van der Waals surface area contributed by atoms with Crippen molar-refractivity contribution >= 4 is 5.91 Å². The van der Waals surface area contributed by atoms with Crippen LogP contribution in [0.5, 0.6) is 0 Å². The number of hydrogen-bond acceptors (Lipinski definition) is 3. The Kier molecular flexibility index (Phi) is 6.80. The monoisotopic (exact) mass is 269 g/mol. The summed E-state index contributed by atoms with van der Waals surface area (Å²) in [6.45, 7) is 9.72. The van der Waals surface area contributed by atoms with Crippen molar-refractivity contribution in [3.63, 3.8) is 0 Å². The van der Waals surface area contributed by atoms with E-state index in [4.69, 9.17) is 0 Å². The van der Waals surface area contributed by atoms with Gasteiger partial charge >= 0.3 is 0 Å². The smallest absolute Gasteiger partial charge is 0.234 e. The van der Waals surface area contributed by atoms with E-state index < -0.39 is 0 Å². The predicted molar refractivity (Wildman–Crippen MR) is 80.2 cm³/mol. The van der Waals surface area contributed by atoms with Crippen LogP contribution in [0.15, 0.2) is 0 Å². The molecule has 1 amide bonds. The normalized spacial score (nSPS) is 22.6. The van der Waals surface area contributed by atoms with E-state index in [1.165, 1.54) is 25.7 Å². The maximum absolute atomic E-state index is 11.7. The van der Waals surface area contributed by atoms with Crippen molar-refractivity contribution in [1.29, 1.82) is 0 Å². The topological polar surface area (TPSA) is 53.2 Å². The molecular weight excluding hydrogens is 238 g/mol. The van der Waals surface area contributed by atoms with Crippen LogP contribution >= 0.6 is 0 Å². The molecule has 1 aliphatic heterocycles. The van der Waals surface area contributed by atoms with E-state index in [1.807, 2.05) is 20.8 Å². The molecule has 4 nitrogen and oxygen atoms in total. The number of carbonyl (C=O) groups excluding carboxylic acids is 1. The lowest BCUT2D eigenvalue weighted by atomic mass is 10.0. The van der Waals surface area contributed by atoms with Crippen molar-refractivity contribution in [3.8, 4) is 0 Å². The second-order valence-electron chi connectivity index (χ2n) is 6.82. The van der Waals surface area contributed by atoms with Crippen LogP contribution in [0, 0.1) is 0 Å². The second-order valence-corrected chi connectivity index (χ2v) is 6.82. The van der Waals surface area contributed by atoms with Gasteiger partial charge in [0, 0.05) is 17.6 Å². The van der Waals surface area contributed by atoms with Crippen LogP contribution in [0.4, 0.5) is 0 Å². The van der Waals surface area contributed by atoms with Gasteiger partial charge in [-0.05, 0) is 53.5 Å². The Morgan fingerprint density at radius 1 is 1.32 bits per heavy atom. The molecule has 0 aromatic heterocycles. The third-order valence-corrected chi connectivity index (χ3v) is 3.43. The molecular formula is C15H31N3O. The van der Waals surface area contributed by atoms with E-state index in [0.717, 1.165) is 13.0 Å². The first-order valence-electron chi connectivity index (χ1n) is 7.64. The summed E-state index contributed by atoms with van der Waals surface area (Å²) in [4.78, 5) is 11.7. The highest BCUT2D eigenvalue weighted by molar-refractivity contribution is 5.78. The van der Waals surface area contributed by atoms with Crippen LogP contribution in [0.3, 0.4) is 0 Å². The molecule has 1 fully saturated rings. The first-order valence-corrected chi connectivity index (χ1v) is 7.64. The van der Waals surface area contributed by atoms with E-state index in [-0.39, 0.29) is 11.4 Å². The minimum atomic E-state index is -0.148. The van der Waals surface area contributed by atoms with Gasteiger partial charge in [0.15, 0.2) is 0 Å². The van der Waals surface area contributed by atoms with Gasteiger partial charge in [-0.3, -0.25) is 4.79 Å². The summed E-state index contributed by atoms with van der Waals surface area (Å²) in [6, 6.07) is 0.983. The minimum absolute atomic E-state index is 0.0770. The quantitative estimate of drug-likeness (QED) is 0.713. The van der Waals surface area contributed by atoms with Crippen LogP contribution in [0.25, 0.3) is 0 Å². The molecule has 1 rings (SSSR count). The fourth-order valence-corrected chi connectivity index (χ4v) is 2.54. The Hall–Kier alpha value is -0.610. The Labute approximate surface area is 118 Å². The fourth-order valence-electron chi connectivity index (χ4n) is 2.54. The highest BCUT2D eigenvalue weighted by atomic mass is 16.2. The van der Waals surface area contributed by atoms with Gasteiger partial charge in [-0.2, -0.15) is 0 Å². The summed E-state index contributed by atoms with van der Waals surface area (Å²) in [5, 5.41) is 9.89. The van der Waals surface area contributed by atoms with Gasteiger partial charge in [0.2, 0.25) is 5.91 Å². The molecule has 0 spiro atoms. The van der Waals surface area contributed by atoms with Gasteiger partial charge in [0.05, 0.1) is 6.54 Å². The molecule has 0 radical (unpaired) electrons. The number of nitrogens with one attached hydrogen (secondary N) is 3. The van der Waals surface area contributed by atoms with Crippen molar-refractivity contribution in [2.24, 2.45) is 0 Å². The van der Waals surface area contributed by atoms with Gasteiger partial charge < -0.3 is 16.0 Å². The first-order chi connectivity index (χ1) is 8.87. The van der Waals surface area contributed by atoms with Gasteiger partial charge in [-0.25, -0.2) is 0 Å². The zero-order chi connectivity index (χ0) is 14.3. The van der Waals surface area contributed by atoms with Crippen LogP contribution in [0.1, 0.15) is 59.8 Å². The Morgan fingerprint density at radius 2 is 2.05 bits per heavy atom. The van der Waals surface area contributed by atoms with Crippen molar-refractivity contribution in [3.05, 3.63) is 0 Å². The number of amides is 1. The molecule has 2 unspecified atom stereocenters. The number of carbonyl (C=O) groups is 1. The van der Waals surface area contributed by atoms with Gasteiger partial charge in [0.25, 0.3) is 0 Å². The standard InChI is InChI=1S/C15H31N3O/c1-12(10-13-8-6-5-7-9-16-13)17-11-14(19)18-15(2,3)4/h12-13,16-17H,5-11H2,1-4H3,(H,18,19). The first kappa shape index (κ1) is 16.4.